The summed E-state index contributed by atoms with van der Waals surface area (Å²) >= 11 is 6.53. The van der Waals surface area contributed by atoms with E-state index in [1.54, 1.807) is 12.1 Å². The van der Waals surface area contributed by atoms with E-state index < -0.39 is 4.92 Å². The lowest BCUT2D eigenvalue weighted by Crippen LogP contribution is -1.91. The fourth-order valence-electron chi connectivity index (χ4n) is 3.11. The van der Waals surface area contributed by atoms with Crippen LogP contribution in [0.25, 0.3) is 22.4 Å². The molecular formula is C22H17ClN2O2. The summed E-state index contributed by atoms with van der Waals surface area (Å²) in [7, 11) is 0. The smallest absolute Gasteiger partial charge is 0.258 e. The fraction of sp³-hybridized carbons (Fsp3) is 0.136. The highest BCUT2D eigenvalue weighted by Gasteiger charge is 2.12. The molecule has 0 spiro atoms. The lowest BCUT2D eigenvalue weighted by atomic mass is 9.97. The third-order valence-corrected chi connectivity index (χ3v) is 4.86. The molecule has 134 valence electrons. The van der Waals surface area contributed by atoms with Crippen LogP contribution in [-0.2, 0) is 6.42 Å². The van der Waals surface area contributed by atoms with E-state index in [2.05, 4.69) is 13.0 Å². The van der Waals surface area contributed by atoms with Gasteiger partial charge in [0, 0.05) is 17.7 Å². The van der Waals surface area contributed by atoms with Crippen molar-refractivity contribution in [3.63, 3.8) is 0 Å². The van der Waals surface area contributed by atoms with Crippen molar-refractivity contribution in [1.29, 1.82) is 5.26 Å². The number of rotatable bonds is 5. The number of non-ortho nitro benzene ring substituents is 1. The van der Waals surface area contributed by atoms with Crippen LogP contribution in [0, 0.1) is 21.4 Å². The maximum absolute atomic E-state index is 11.0. The van der Waals surface area contributed by atoms with Crippen LogP contribution in [0.4, 0.5) is 5.69 Å². The van der Waals surface area contributed by atoms with Crippen LogP contribution in [0.5, 0.6) is 0 Å². The number of nitro benzene ring substituents is 1. The van der Waals surface area contributed by atoms with Crippen molar-refractivity contribution in [2.75, 3.05) is 0 Å². The van der Waals surface area contributed by atoms with Crippen molar-refractivity contribution in [2.45, 2.75) is 19.8 Å². The van der Waals surface area contributed by atoms with Crippen LogP contribution < -0.4 is 0 Å². The van der Waals surface area contributed by atoms with Gasteiger partial charge < -0.3 is 0 Å². The van der Waals surface area contributed by atoms with E-state index >= 15 is 0 Å². The van der Waals surface area contributed by atoms with Crippen LogP contribution in [0.15, 0.2) is 54.6 Å². The molecule has 0 aliphatic heterocycles. The molecule has 0 heterocycles. The van der Waals surface area contributed by atoms with E-state index in [9.17, 15) is 15.4 Å². The Balaban J connectivity index is 2.14. The second-order valence-electron chi connectivity index (χ2n) is 6.21. The Hall–Kier alpha value is -3.16. The summed E-state index contributed by atoms with van der Waals surface area (Å²) in [5.41, 5.74) is 3.04. The van der Waals surface area contributed by atoms with Crippen molar-refractivity contribution < 1.29 is 4.92 Å². The van der Waals surface area contributed by atoms with Crippen molar-refractivity contribution in [3.8, 4) is 6.07 Å². The Morgan fingerprint density at radius 3 is 2.70 bits per heavy atom. The minimum atomic E-state index is -0.415. The highest BCUT2D eigenvalue weighted by atomic mass is 35.5. The number of fused-ring (bicyclic) bond motifs is 1. The molecule has 0 amide bonds. The highest BCUT2D eigenvalue weighted by Crippen LogP contribution is 2.31. The van der Waals surface area contributed by atoms with Gasteiger partial charge in [-0.2, -0.15) is 5.26 Å². The van der Waals surface area contributed by atoms with E-state index in [0.29, 0.717) is 16.2 Å². The predicted octanol–water partition coefficient (Wildman–Crippen LogP) is 6.42. The normalized spacial score (nSPS) is 11.4. The van der Waals surface area contributed by atoms with Gasteiger partial charge in [0.25, 0.3) is 5.69 Å². The zero-order valence-corrected chi connectivity index (χ0v) is 15.5. The van der Waals surface area contributed by atoms with Crippen LogP contribution in [0.2, 0.25) is 5.02 Å². The Labute approximate surface area is 162 Å². The van der Waals surface area contributed by atoms with Gasteiger partial charge in [-0.3, -0.25) is 10.1 Å². The van der Waals surface area contributed by atoms with Gasteiger partial charge >= 0.3 is 0 Å². The Bertz CT molecular complexity index is 1100. The standard InChI is InChI=1S/C22H17ClN2O2/c1-2-5-15-6-4-9-21(22(15)23)18(14-24)12-16-7-3-8-17-13-19(25(26)27)10-11-20(16)17/h3-4,6-13H,2,5H2,1H3. The summed E-state index contributed by atoms with van der Waals surface area (Å²) in [6, 6.07) is 18.2. The number of nitriles is 1. The molecule has 0 aliphatic carbocycles. The summed E-state index contributed by atoms with van der Waals surface area (Å²) < 4.78 is 0. The Morgan fingerprint density at radius 1 is 1.22 bits per heavy atom. The van der Waals surface area contributed by atoms with Gasteiger partial charge in [-0.15, -0.1) is 0 Å². The lowest BCUT2D eigenvalue weighted by Gasteiger charge is -2.09. The van der Waals surface area contributed by atoms with Gasteiger partial charge in [-0.1, -0.05) is 61.3 Å². The van der Waals surface area contributed by atoms with Gasteiger partial charge in [-0.05, 0) is 40.5 Å². The van der Waals surface area contributed by atoms with E-state index in [1.807, 2.05) is 36.4 Å². The second-order valence-corrected chi connectivity index (χ2v) is 6.59. The summed E-state index contributed by atoms with van der Waals surface area (Å²) in [6.45, 7) is 2.08. The molecule has 0 radical (unpaired) electrons. The number of hydrogen-bond acceptors (Lipinski definition) is 3. The number of nitrogens with zero attached hydrogens (tertiary/aromatic N) is 2. The molecule has 5 heteroatoms. The first-order chi connectivity index (χ1) is 13.0. The average molecular weight is 377 g/mol. The summed E-state index contributed by atoms with van der Waals surface area (Å²) in [4.78, 5) is 10.6. The largest absolute Gasteiger partial charge is 0.270 e. The monoisotopic (exact) mass is 376 g/mol. The molecule has 0 aliphatic rings. The number of nitro groups is 1. The Morgan fingerprint density at radius 2 is 2.00 bits per heavy atom. The molecule has 0 aromatic heterocycles. The first kappa shape index (κ1) is 18.6. The SMILES string of the molecule is CCCc1cccc(C(C#N)=Cc2cccc3cc([N+](=O)[O-])ccc23)c1Cl. The molecule has 4 nitrogen and oxygen atoms in total. The highest BCUT2D eigenvalue weighted by molar-refractivity contribution is 6.33. The van der Waals surface area contributed by atoms with Crippen molar-refractivity contribution in [1.82, 2.24) is 0 Å². The van der Waals surface area contributed by atoms with Crippen LogP contribution in [0.3, 0.4) is 0 Å². The van der Waals surface area contributed by atoms with Crippen molar-refractivity contribution in [3.05, 3.63) is 86.4 Å². The van der Waals surface area contributed by atoms with E-state index in [1.165, 1.54) is 12.1 Å². The molecule has 3 aromatic carbocycles. The summed E-state index contributed by atoms with van der Waals surface area (Å²) in [5.74, 6) is 0. The maximum Gasteiger partial charge on any atom is 0.270 e. The minimum absolute atomic E-state index is 0.0412. The van der Waals surface area contributed by atoms with E-state index in [-0.39, 0.29) is 5.69 Å². The van der Waals surface area contributed by atoms with Crippen LogP contribution >= 0.6 is 11.6 Å². The molecule has 0 atom stereocenters. The van der Waals surface area contributed by atoms with Gasteiger partial charge in [0.15, 0.2) is 0 Å². The maximum atomic E-state index is 11.0. The molecule has 0 bridgehead atoms. The van der Waals surface area contributed by atoms with Gasteiger partial charge in [0.05, 0.1) is 21.6 Å². The van der Waals surface area contributed by atoms with Crippen molar-refractivity contribution >= 4 is 39.7 Å². The first-order valence-corrected chi connectivity index (χ1v) is 8.99. The van der Waals surface area contributed by atoms with Crippen molar-refractivity contribution in [2.24, 2.45) is 0 Å². The molecular weight excluding hydrogens is 360 g/mol. The second kappa shape index (κ2) is 8.03. The van der Waals surface area contributed by atoms with Crippen LogP contribution in [0.1, 0.15) is 30.0 Å². The summed E-state index contributed by atoms with van der Waals surface area (Å²) in [5, 5.41) is 22.9. The molecule has 0 N–H and O–H groups in total. The topological polar surface area (TPSA) is 66.9 Å². The Kier molecular flexibility index (Phi) is 5.54. The quantitative estimate of drug-likeness (QED) is 0.223. The van der Waals surface area contributed by atoms with E-state index in [4.69, 9.17) is 11.6 Å². The molecule has 0 fully saturated rings. The molecule has 3 rings (SSSR count). The van der Waals surface area contributed by atoms with Crippen LogP contribution in [-0.4, -0.2) is 4.92 Å². The first-order valence-electron chi connectivity index (χ1n) is 8.62. The number of halogens is 1. The van der Waals surface area contributed by atoms with Gasteiger partial charge in [0.2, 0.25) is 0 Å². The molecule has 3 aromatic rings. The van der Waals surface area contributed by atoms with E-state index in [0.717, 1.165) is 34.7 Å². The zero-order chi connectivity index (χ0) is 19.4. The predicted molar refractivity (Wildman–Crippen MR) is 110 cm³/mol. The molecule has 0 saturated carbocycles. The molecule has 0 unspecified atom stereocenters. The number of allylic oxidation sites excluding steroid dienone is 1. The van der Waals surface area contributed by atoms with Gasteiger partial charge in [0.1, 0.15) is 0 Å². The number of aryl methyl sites for hydroxylation is 1. The average Bonchev–Trinajstić information content (AvgIpc) is 2.67. The third-order valence-electron chi connectivity index (χ3n) is 4.42. The molecule has 0 saturated heterocycles. The van der Waals surface area contributed by atoms with Gasteiger partial charge in [-0.25, -0.2) is 0 Å². The lowest BCUT2D eigenvalue weighted by molar-refractivity contribution is -0.384. The third kappa shape index (κ3) is 3.84. The minimum Gasteiger partial charge on any atom is -0.258 e. The summed E-state index contributed by atoms with van der Waals surface area (Å²) in [6.07, 6.45) is 3.60. The molecule has 27 heavy (non-hydrogen) atoms. The number of hydrogen-bond donors (Lipinski definition) is 0. The fourth-order valence-corrected chi connectivity index (χ4v) is 3.43. The number of benzene rings is 3. The zero-order valence-electron chi connectivity index (χ0n) is 14.8.